The average Bonchev–Trinajstić information content (AvgIpc) is 2.75. The minimum Gasteiger partial charge on any atom is -0.193 e. The van der Waals surface area contributed by atoms with Crippen molar-refractivity contribution in [3.05, 3.63) is 51.8 Å². The summed E-state index contributed by atoms with van der Waals surface area (Å²) in [7, 11) is 0. The molecule has 78 valence electrons. The predicted molar refractivity (Wildman–Crippen MR) is 72.1 cm³/mol. The number of nitriles is 1. The van der Waals surface area contributed by atoms with Crippen molar-refractivity contribution >= 4 is 33.3 Å². The van der Waals surface area contributed by atoms with Gasteiger partial charge in [0.1, 0.15) is 0 Å². The van der Waals surface area contributed by atoms with Gasteiger partial charge in [0.2, 0.25) is 0 Å². The van der Waals surface area contributed by atoms with Crippen LogP contribution in [0.15, 0.2) is 46.9 Å². The first-order valence-electron chi connectivity index (χ1n) is 4.72. The molecule has 0 aliphatic carbocycles. The highest BCUT2D eigenvalue weighted by Crippen LogP contribution is 2.33. The summed E-state index contributed by atoms with van der Waals surface area (Å²) >= 11 is 5.20. The zero-order chi connectivity index (χ0) is 11.4. The molecule has 0 radical (unpaired) electrons. The molecule has 0 spiro atoms. The fourth-order valence-electron chi connectivity index (χ4n) is 1.37. The number of benzene rings is 1. The zero-order valence-electron chi connectivity index (χ0n) is 8.35. The fraction of sp³-hybridized carbons (Fsp3) is 0. The summed E-state index contributed by atoms with van der Waals surface area (Å²) in [5, 5.41) is 8.46. The Kier molecular flexibility index (Phi) is 3.55. The number of thiophene rings is 1. The standard InChI is InChI=1S/C13H8BrNS/c14-12-6-2-1-5-11(12)13-8-7-10(16-13)4-3-9-15/h1-8H. The molecule has 0 aliphatic heterocycles. The molecule has 0 bridgehead atoms. The first-order valence-corrected chi connectivity index (χ1v) is 6.33. The Morgan fingerprint density at radius 2 is 2.00 bits per heavy atom. The molecule has 1 aromatic carbocycles. The van der Waals surface area contributed by atoms with Crippen molar-refractivity contribution in [3.63, 3.8) is 0 Å². The van der Waals surface area contributed by atoms with E-state index in [0.29, 0.717) is 0 Å². The smallest absolute Gasteiger partial charge is 0.0912 e. The van der Waals surface area contributed by atoms with E-state index >= 15 is 0 Å². The largest absolute Gasteiger partial charge is 0.193 e. The summed E-state index contributed by atoms with van der Waals surface area (Å²) in [6.07, 6.45) is 3.32. The SMILES string of the molecule is N#CC=Cc1ccc(-c2ccccc2Br)s1. The van der Waals surface area contributed by atoms with Crippen molar-refractivity contribution in [1.29, 1.82) is 5.26 Å². The molecule has 0 fully saturated rings. The Morgan fingerprint density at radius 3 is 2.75 bits per heavy atom. The van der Waals surface area contributed by atoms with Crippen LogP contribution >= 0.6 is 27.3 Å². The molecule has 1 nitrogen and oxygen atoms in total. The van der Waals surface area contributed by atoms with Gasteiger partial charge in [-0.05, 0) is 24.3 Å². The summed E-state index contributed by atoms with van der Waals surface area (Å²) in [5.74, 6) is 0. The lowest BCUT2D eigenvalue weighted by molar-refractivity contribution is 1.54. The average molecular weight is 290 g/mol. The first kappa shape index (κ1) is 11.1. The summed E-state index contributed by atoms with van der Waals surface area (Å²) in [5.41, 5.74) is 1.18. The molecule has 2 rings (SSSR count). The monoisotopic (exact) mass is 289 g/mol. The van der Waals surface area contributed by atoms with Crippen molar-refractivity contribution in [1.82, 2.24) is 0 Å². The third kappa shape index (κ3) is 2.41. The highest BCUT2D eigenvalue weighted by atomic mass is 79.9. The summed E-state index contributed by atoms with van der Waals surface area (Å²) in [4.78, 5) is 2.29. The van der Waals surface area contributed by atoms with E-state index in [9.17, 15) is 0 Å². The van der Waals surface area contributed by atoms with Crippen molar-refractivity contribution < 1.29 is 0 Å². The first-order chi connectivity index (χ1) is 7.81. The molecule has 0 saturated carbocycles. The Labute approximate surface area is 107 Å². The van der Waals surface area contributed by atoms with E-state index in [1.54, 1.807) is 11.3 Å². The molecular formula is C13H8BrNS. The van der Waals surface area contributed by atoms with Gasteiger partial charge in [-0.25, -0.2) is 0 Å². The molecule has 16 heavy (non-hydrogen) atoms. The van der Waals surface area contributed by atoms with Crippen molar-refractivity contribution in [2.24, 2.45) is 0 Å². The van der Waals surface area contributed by atoms with Crippen LogP contribution in [0.1, 0.15) is 4.88 Å². The van der Waals surface area contributed by atoms with E-state index in [-0.39, 0.29) is 0 Å². The maximum absolute atomic E-state index is 8.46. The topological polar surface area (TPSA) is 23.8 Å². The predicted octanol–water partition coefficient (Wildman–Crippen LogP) is 4.71. The molecule has 1 heterocycles. The Morgan fingerprint density at radius 1 is 1.19 bits per heavy atom. The number of allylic oxidation sites excluding steroid dienone is 1. The number of rotatable bonds is 2. The molecule has 0 amide bonds. The molecule has 0 atom stereocenters. The number of hydrogen-bond donors (Lipinski definition) is 0. The lowest BCUT2D eigenvalue weighted by Gasteiger charge is -1.99. The van der Waals surface area contributed by atoms with Crippen molar-refractivity contribution in [2.75, 3.05) is 0 Å². The quantitative estimate of drug-likeness (QED) is 0.734. The van der Waals surface area contributed by atoms with Gasteiger partial charge in [0.25, 0.3) is 0 Å². The molecule has 0 unspecified atom stereocenters. The number of nitrogens with zero attached hydrogens (tertiary/aromatic N) is 1. The van der Waals surface area contributed by atoms with Crippen LogP contribution in [0.3, 0.4) is 0 Å². The second-order valence-corrected chi connectivity index (χ2v) is 5.11. The van der Waals surface area contributed by atoms with E-state index in [4.69, 9.17) is 5.26 Å². The Bertz CT molecular complexity index is 563. The van der Waals surface area contributed by atoms with Gasteiger partial charge in [-0.1, -0.05) is 34.1 Å². The molecule has 0 N–H and O–H groups in total. The molecule has 1 aromatic heterocycles. The zero-order valence-corrected chi connectivity index (χ0v) is 10.8. The number of hydrogen-bond acceptors (Lipinski definition) is 2. The van der Waals surface area contributed by atoms with E-state index in [1.165, 1.54) is 16.5 Å². The van der Waals surface area contributed by atoms with Gasteiger partial charge in [0, 0.05) is 25.9 Å². The van der Waals surface area contributed by atoms with Gasteiger partial charge >= 0.3 is 0 Å². The second kappa shape index (κ2) is 5.11. The van der Waals surface area contributed by atoms with Crippen molar-refractivity contribution in [2.45, 2.75) is 0 Å². The maximum Gasteiger partial charge on any atom is 0.0912 e. The van der Waals surface area contributed by atoms with E-state index in [1.807, 2.05) is 36.4 Å². The maximum atomic E-state index is 8.46. The van der Waals surface area contributed by atoms with Gasteiger partial charge in [-0.3, -0.25) is 0 Å². The molecule has 3 heteroatoms. The van der Waals surface area contributed by atoms with Gasteiger partial charge in [0.05, 0.1) is 6.07 Å². The van der Waals surface area contributed by atoms with Gasteiger partial charge in [-0.15, -0.1) is 11.3 Å². The second-order valence-electron chi connectivity index (χ2n) is 3.14. The van der Waals surface area contributed by atoms with Crippen LogP contribution in [0.25, 0.3) is 16.5 Å². The molecule has 0 aliphatic rings. The van der Waals surface area contributed by atoms with Gasteiger partial charge < -0.3 is 0 Å². The summed E-state index contributed by atoms with van der Waals surface area (Å²) in [6, 6.07) is 14.2. The Balaban J connectivity index is 2.36. The van der Waals surface area contributed by atoms with E-state index < -0.39 is 0 Å². The van der Waals surface area contributed by atoms with Crippen LogP contribution in [-0.2, 0) is 0 Å². The van der Waals surface area contributed by atoms with Gasteiger partial charge in [-0.2, -0.15) is 5.26 Å². The van der Waals surface area contributed by atoms with Crippen LogP contribution in [0.4, 0.5) is 0 Å². The lowest BCUT2D eigenvalue weighted by Crippen LogP contribution is -1.72. The van der Waals surface area contributed by atoms with Crippen LogP contribution in [0.5, 0.6) is 0 Å². The number of halogens is 1. The fourth-order valence-corrected chi connectivity index (χ4v) is 2.95. The minimum atomic E-state index is 1.09. The normalized spacial score (nSPS) is 10.5. The summed E-state index contributed by atoms with van der Waals surface area (Å²) in [6.45, 7) is 0. The van der Waals surface area contributed by atoms with Gasteiger partial charge in [0.15, 0.2) is 0 Å². The van der Waals surface area contributed by atoms with Crippen LogP contribution < -0.4 is 0 Å². The van der Waals surface area contributed by atoms with Crippen LogP contribution in [-0.4, -0.2) is 0 Å². The third-order valence-corrected chi connectivity index (χ3v) is 3.86. The minimum absolute atomic E-state index is 1.09. The summed E-state index contributed by atoms with van der Waals surface area (Å²) < 4.78 is 1.09. The Hall–Kier alpha value is -1.37. The molecule has 2 aromatic rings. The molecular weight excluding hydrogens is 282 g/mol. The van der Waals surface area contributed by atoms with E-state index in [2.05, 4.69) is 28.1 Å². The highest BCUT2D eigenvalue weighted by molar-refractivity contribution is 9.10. The van der Waals surface area contributed by atoms with Crippen LogP contribution in [0.2, 0.25) is 0 Å². The molecule has 0 saturated heterocycles. The lowest BCUT2D eigenvalue weighted by atomic mass is 10.2. The van der Waals surface area contributed by atoms with Crippen molar-refractivity contribution in [3.8, 4) is 16.5 Å². The highest BCUT2D eigenvalue weighted by Gasteiger charge is 2.04. The van der Waals surface area contributed by atoms with Crippen LogP contribution in [0, 0.1) is 11.3 Å². The third-order valence-electron chi connectivity index (χ3n) is 2.09. The van der Waals surface area contributed by atoms with E-state index in [0.717, 1.165) is 9.35 Å².